The molecule has 0 saturated carbocycles. The molecule has 1 aromatic rings. The second kappa shape index (κ2) is 6.45. The Bertz CT molecular complexity index is 373. The van der Waals surface area contributed by atoms with Crippen molar-refractivity contribution in [3.8, 4) is 5.75 Å². The Hall–Kier alpha value is -1.28. The summed E-state index contributed by atoms with van der Waals surface area (Å²) in [6, 6.07) is 8.88. The highest BCUT2D eigenvalue weighted by Gasteiger charge is 2.06. The van der Waals surface area contributed by atoms with Crippen LogP contribution in [-0.2, 0) is 6.42 Å². The number of rotatable bonds is 5. The molecule has 17 heavy (non-hydrogen) atoms. The first kappa shape index (κ1) is 12.2. The van der Waals surface area contributed by atoms with Crippen molar-refractivity contribution in [1.29, 1.82) is 0 Å². The van der Waals surface area contributed by atoms with Crippen molar-refractivity contribution < 1.29 is 4.74 Å². The van der Waals surface area contributed by atoms with Gasteiger partial charge in [-0.2, -0.15) is 0 Å². The lowest BCUT2D eigenvalue weighted by molar-refractivity contribution is 0.414. The summed E-state index contributed by atoms with van der Waals surface area (Å²) >= 11 is 0. The summed E-state index contributed by atoms with van der Waals surface area (Å²) in [5.41, 5.74) is 1.33. The first-order valence-corrected chi connectivity index (χ1v) is 6.41. The van der Waals surface area contributed by atoms with E-state index in [1.807, 2.05) is 6.07 Å². The molecule has 1 unspecified atom stereocenters. The van der Waals surface area contributed by atoms with Crippen molar-refractivity contribution in [3.63, 3.8) is 0 Å². The zero-order chi connectivity index (χ0) is 11.9. The summed E-state index contributed by atoms with van der Waals surface area (Å²) < 4.78 is 5.22. The van der Waals surface area contributed by atoms with Crippen LogP contribution in [0.3, 0.4) is 0 Å². The number of hydrogen-bond acceptors (Lipinski definition) is 2. The molecule has 0 amide bonds. The standard InChI is InChI=1S/C15H21NO/c1-17-15-9-5-6-13(12-15)10-11-16-14-7-3-2-4-8-14/h3,5-7,9,12,14,16H,2,4,8,10-11H2,1H3. The molecule has 1 aliphatic rings. The fraction of sp³-hybridized carbons (Fsp3) is 0.467. The van der Waals surface area contributed by atoms with Crippen LogP contribution in [0.5, 0.6) is 5.75 Å². The van der Waals surface area contributed by atoms with Crippen molar-refractivity contribution in [2.75, 3.05) is 13.7 Å². The van der Waals surface area contributed by atoms with Crippen LogP contribution in [0.25, 0.3) is 0 Å². The average Bonchev–Trinajstić information content (AvgIpc) is 2.40. The van der Waals surface area contributed by atoms with Gasteiger partial charge in [0.05, 0.1) is 7.11 Å². The van der Waals surface area contributed by atoms with E-state index in [2.05, 4.69) is 35.7 Å². The molecule has 0 spiro atoms. The van der Waals surface area contributed by atoms with Crippen molar-refractivity contribution in [1.82, 2.24) is 5.32 Å². The van der Waals surface area contributed by atoms with Gasteiger partial charge in [-0.15, -0.1) is 0 Å². The van der Waals surface area contributed by atoms with Gasteiger partial charge in [0.15, 0.2) is 0 Å². The molecule has 0 radical (unpaired) electrons. The molecule has 1 aromatic carbocycles. The summed E-state index contributed by atoms with van der Waals surface area (Å²) in [5, 5.41) is 3.58. The number of ether oxygens (including phenoxy) is 1. The average molecular weight is 231 g/mol. The minimum Gasteiger partial charge on any atom is -0.497 e. The number of nitrogens with one attached hydrogen (secondary N) is 1. The van der Waals surface area contributed by atoms with E-state index in [-0.39, 0.29) is 0 Å². The van der Waals surface area contributed by atoms with Crippen LogP contribution in [0.15, 0.2) is 36.4 Å². The normalized spacial score (nSPS) is 19.2. The molecule has 1 N–H and O–H groups in total. The van der Waals surface area contributed by atoms with E-state index in [0.717, 1.165) is 18.7 Å². The van der Waals surface area contributed by atoms with E-state index in [1.165, 1.54) is 24.8 Å². The summed E-state index contributed by atoms with van der Waals surface area (Å²) in [7, 11) is 1.71. The van der Waals surface area contributed by atoms with E-state index < -0.39 is 0 Å². The molecule has 0 bridgehead atoms. The summed E-state index contributed by atoms with van der Waals surface area (Å²) in [5.74, 6) is 0.945. The molecular formula is C15H21NO. The second-order valence-electron chi connectivity index (χ2n) is 4.52. The minimum absolute atomic E-state index is 0.578. The van der Waals surface area contributed by atoms with E-state index in [9.17, 15) is 0 Å². The first-order chi connectivity index (χ1) is 8.38. The molecular weight excluding hydrogens is 210 g/mol. The Morgan fingerprint density at radius 1 is 1.41 bits per heavy atom. The Labute approximate surface area is 104 Å². The van der Waals surface area contributed by atoms with Crippen molar-refractivity contribution in [3.05, 3.63) is 42.0 Å². The zero-order valence-corrected chi connectivity index (χ0v) is 10.5. The van der Waals surface area contributed by atoms with Crippen molar-refractivity contribution in [2.24, 2.45) is 0 Å². The Morgan fingerprint density at radius 3 is 3.12 bits per heavy atom. The predicted molar refractivity (Wildman–Crippen MR) is 71.5 cm³/mol. The van der Waals surface area contributed by atoms with E-state index in [0.29, 0.717) is 6.04 Å². The smallest absolute Gasteiger partial charge is 0.119 e. The number of hydrogen-bond donors (Lipinski definition) is 1. The van der Waals surface area contributed by atoms with Gasteiger partial charge in [-0.1, -0.05) is 24.3 Å². The van der Waals surface area contributed by atoms with Crippen LogP contribution in [-0.4, -0.2) is 19.7 Å². The van der Waals surface area contributed by atoms with Gasteiger partial charge >= 0.3 is 0 Å². The van der Waals surface area contributed by atoms with Crippen LogP contribution in [0.2, 0.25) is 0 Å². The lowest BCUT2D eigenvalue weighted by Crippen LogP contribution is -2.30. The van der Waals surface area contributed by atoms with Crippen LogP contribution >= 0.6 is 0 Å². The first-order valence-electron chi connectivity index (χ1n) is 6.41. The van der Waals surface area contributed by atoms with Crippen molar-refractivity contribution in [2.45, 2.75) is 31.7 Å². The Morgan fingerprint density at radius 2 is 2.35 bits per heavy atom. The van der Waals surface area contributed by atoms with E-state index in [1.54, 1.807) is 7.11 Å². The van der Waals surface area contributed by atoms with Crippen LogP contribution in [0.1, 0.15) is 24.8 Å². The predicted octanol–water partition coefficient (Wildman–Crippen LogP) is 2.94. The molecule has 2 heteroatoms. The second-order valence-corrected chi connectivity index (χ2v) is 4.52. The highest BCUT2D eigenvalue weighted by Crippen LogP contribution is 2.13. The monoisotopic (exact) mass is 231 g/mol. The molecule has 2 rings (SSSR count). The van der Waals surface area contributed by atoms with Gasteiger partial charge in [-0.05, 0) is 49.9 Å². The SMILES string of the molecule is COc1cccc(CCNC2C=CCCC2)c1. The Balaban J connectivity index is 1.77. The molecule has 0 aliphatic heterocycles. The topological polar surface area (TPSA) is 21.3 Å². The van der Waals surface area contributed by atoms with Gasteiger partial charge in [0.1, 0.15) is 5.75 Å². The van der Waals surface area contributed by atoms with E-state index in [4.69, 9.17) is 4.74 Å². The summed E-state index contributed by atoms with van der Waals surface area (Å²) in [6.45, 7) is 1.03. The summed E-state index contributed by atoms with van der Waals surface area (Å²) in [6.07, 6.45) is 9.47. The van der Waals surface area contributed by atoms with Gasteiger partial charge in [0.25, 0.3) is 0 Å². The Kier molecular flexibility index (Phi) is 4.63. The quantitative estimate of drug-likeness (QED) is 0.787. The zero-order valence-electron chi connectivity index (χ0n) is 10.5. The maximum Gasteiger partial charge on any atom is 0.119 e. The van der Waals surface area contributed by atoms with E-state index >= 15 is 0 Å². The van der Waals surface area contributed by atoms with Crippen LogP contribution in [0.4, 0.5) is 0 Å². The highest BCUT2D eigenvalue weighted by molar-refractivity contribution is 5.28. The lowest BCUT2D eigenvalue weighted by atomic mass is 10.0. The third kappa shape index (κ3) is 3.90. The minimum atomic E-state index is 0.578. The van der Waals surface area contributed by atoms with Gasteiger partial charge in [-0.3, -0.25) is 0 Å². The maximum atomic E-state index is 5.22. The largest absolute Gasteiger partial charge is 0.497 e. The van der Waals surface area contributed by atoms with Crippen molar-refractivity contribution >= 4 is 0 Å². The van der Waals surface area contributed by atoms with Crippen LogP contribution < -0.4 is 10.1 Å². The molecule has 0 fully saturated rings. The molecule has 0 saturated heterocycles. The lowest BCUT2D eigenvalue weighted by Gasteiger charge is -2.17. The van der Waals surface area contributed by atoms with Gasteiger partial charge in [0.2, 0.25) is 0 Å². The molecule has 0 aromatic heterocycles. The fourth-order valence-corrected chi connectivity index (χ4v) is 2.21. The van der Waals surface area contributed by atoms with Gasteiger partial charge in [0, 0.05) is 6.04 Å². The molecule has 2 nitrogen and oxygen atoms in total. The fourth-order valence-electron chi connectivity index (χ4n) is 2.21. The number of methoxy groups -OCH3 is 1. The molecule has 1 atom stereocenters. The van der Waals surface area contributed by atoms with Gasteiger partial charge < -0.3 is 10.1 Å². The summed E-state index contributed by atoms with van der Waals surface area (Å²) in [4.78, 5) is 0. The molecule has 1 aliphatic carbocycles. The number of allylic oxidation sites excluding steroid dienone is 1. The van der Waals surface area contributed by atoms with Crippen LogP contribution in [0, 0.1) is 0 Å². The molecule has 92 valence electrons. The third-order valence-corrected chi connectivity index (χ3v) is 3.21. The number of benzene rings is 1. The highest BCUT2D eigenvalue weighted by atomic mass is 16.5. The molecule has 0 heterocycles. The van der Waals surface area contributed by atoms with Gasteiger partial charge in [-0.25, -0.2) is 0 Å². The maximum absolute atomic E-state index is 5.22. The third-order valence-electron chi connectivity index (χ3n) is 3.21.